The number of fused-ring (bicyclic) bond motifs is 17. The van der Waals surface area contributed by atoms with Crippen LogP contribution in [0.15, 0.2) is 173 Å². The van der Waals surface area contributed by atoms with E-state index >= 15 is 0 Å². The monoisotopic (exact) mass is 783 g/mol. The van der Waals surface area contributed by atoms with Crippen LogP contribution < -0.4 is 0 Å². The van der Waals surface area contributed by atoms with Crippen LogP contribution in [-0.4, -0.2) is 24.1 Å². The van der Waals surface area contributed by atoms with E-state index in [4.69, 9.17) is 23.8 Å². The highest BCUT2D eigenvalue weighted by atomic mass is 16.3. The molecule has 0 bridgehead atoms. The molecule has 7 heteroatoms. The Morgan fingerprint density at radius 2 is 0.984 bits per heavy atom. The van der Waals surface area contributed by atoms with Crippen molar-refractivity contribution < 1.29 is 8.83 Å². The van der Waals surface area contributed by atoms with Crippen molar-refractivity contribution in [1.82, 2.24) is 24.1 Å². The minimum Gasteiger partial charge on any atom is -0.456 e. The van der Waals surface area contributed by atoms with Gasteiger partial charge >= 0.3 is 0 Å². The van der Waals surface area contributed by atoms with Crippen molar-refractivity contribution in [1.29, 1.82) is 0 Å². The first-order valence-electron chi connectivity index (χ1n) is 20.7. The van der Waals surface area contributed by atoms with Gasteiger partial charge in [-0.2, -0.15) is 15.0 Å². The fourth-order valence-electron chi connectivity index (χ4n) is 10.5. The summed E-state index contributed by atoms with van der Waals surface area (Å²) in [4.78, 5) is 16.5. The minimum atomic E-state index is -0.288. The van der Waals surface area contributed by atoms with E-state index in [1.807, 2.05) is 36.4 Å². The number of furan rings is 2. The number of benzene rings is 8. The normalized spacial score (nSPS) is 13.5. The van der Waals surface area contributed by atoms with Crippen LogP contribution in [0.25, 0.3) is 122 Å². The first kappa shape index (κ1) is 32.9. The number of aromatic nitrogens is 5. The summed E-state index contributed by atoms with van der Waals surface area (Å²) in [6, 6.07) is 57.5. The number of para-hydroxylation sites is 4. The molecular weight excluding hydrogens is 751 g/mol. The maximum atomic E-state index is 6.77. The lowest BCUT2D eigenvalue weighted by Crippen LogP contribution is -2.17. The van der Waals surface area contributed by atoms with Crippen LogP contribution in [0.3, 0.4) is 0 Å². The molecule has 5 heterocycles. The van der Waals surface area contributed by atoms with Gasteiger partial charge in [0.1, 0.15) is 22.3 Å². The Bertz CT molecular complexity index is 4050. The van der Waals surface area contributed by atoms with Crippen molar-refractivity contribution >= 4 is 87.5 Å². The lowest BCUT2D eigenvalue weighted by Gasteiger charge is -2.23. The molecule has 1 aliphatic rings. The number of nitrogens with zero attached hydrogens (tertiary/aromatic N) is 5. The van der Waals surface area contributed by atoms with E-state index in [0.29, 0.717) is 17.7 Å². The van der Waals surface area contributed by atoms with E-state index in [1.54, 1.807) is 0 Å². The van der Waals surface area contributed by atoms with Crippen LogP contribution in [0, 0.1) is 0 Å². The molecule has 0 saturated carbocycles. The van der Waals surface area contributed by atoms with Crippen molar-refractivity contribution in [2.24, 2.45) is 0 Å². The van der Waals surface area contributed by atoms with Gasteiger partial charge < -0.3 is 8.83 Å². The predicted molar refractivity (Wildman–Crippen MR) is 246 cm³/mol. The molecule has 0 radical (unpaired) electrons. The first-order valence-corrected chi connectivity index (χ1v) is 20.7. The van der Waals surface area contributed by atoms with Crippen molar-refractivity contribution in [3.05, 3.63) is 175 Å². The summed E-state index contributed by atoms with van der Waals surface area (Å²) in [6.07, 6.45) is 0. The van der Waals surface area contributed by atoms with Gasteiger partial charge in [0.15, 0.2) is 11.4 Å². The summed E-state index contributed by atoms with van der Waals surface area (Å²) in [5.41, 5.74) is 12.9. The Morgan fingerprint density at radius 1 is 0.426 bits per heavy atom. The molecule has 14 rings (SSSR count). The van der Waals surface area contributed by atoms with Gasteiger partial charge in [0.05, 0.1) is 16.6 Å². The van der Waals surface area contributed by atoms with E-state index < -0.39 is 0 Å². The molecule has 0 unspecified atom stereocenters. The van der Waals surface area contributed by atoms with Crippen LogP contribution in [0.2, 0.25) is 0 Å². The zero-order valence-corrected chi connectivity index (χ0v) is 33.1. The van der Waals surface area contributed by atoms with Crippen LogP contribution in [0.4, 0.5) is 0 Å². The van der Waals surface area contributed by atoms with Gasteiger partial charge in [-0.05, 0) is 70.8 Å². The summed E-state index contributed by atoms with van der Waals surface area (Å²) < 4.78 is 17.5. The largest absolute Gasteiger partial charge is 0.456 e. The van der Waals surface area contributed by atoms with Crippen LogP contribution in [-0.2, 0) is 5.41 Å². The third-order valence-corrected chi connectivity index (χ3v) is 13.2. The summed E-state index contributed by atoms with van der Waals surface area (Å²) in [6.45, 7) is 4.68. The summed E-state index contributed by atoms with van der Waals surface area (Å²) >= 11 is 0. The topological polar surface area (TPSA) is 74.8 Å². The molecule has 0 atom stereocenters. The molecule has 5 aromatic heterocycles. The van der Waals surface area contributed by atoms with Crippen LogP contribution >= 0.6 is 0 Å². The molecule has 286 valence electrons. The zero-order chi connectivity index (χ0) is 40.1. The van der Waals surface area contributed by atoms with Gasteiger partial charge in [0, 0.05) is 54.1 Å². The van der Waals surface area contributed by atoms with E-state index in [2.05, 4.69) is 150 Å². The molecule has 61 heavy (non-hydrogen) atoms. The smallest absolute Gasteiger partial charge is 0.240 e. The molecule has 1 aliphatic carbocycles. The molecule has 0 amide bonds. The number of rotatable bonds is 3. The lowest BCUT2D eigenvalue weighted by atomic mass is 9.81. The molecular formula is C54H33N5O2. The molecule has 0 N–H and O–H groups in total. The SMILES string of the molecule is CC1(C)c2ccccc2-c2ccc3c4ccccc4n(-c4nc(-c5ccc6oc7ccccc7c6c5)nc(-n5c6ccccc6c6ccc7c8ccccc8oc7c65)n4)c3c21. The second-order valence-electron chi connectivity index (χ2n) is 16.8. The van der Waals surface area contributed by atoms with Crippen molar-refractivity contribution in [2.75, 3.05) is 0 Å². The fraction of sp³-hybridized carbons (Fsp3) is 0.0556. The van der Waals surface area contributed by atoms with Crippen molar-refractivity contribution in [2.45, 2.75) is 19.3 Å². The Labute approximate surface area is 347 Å². The van der Waals surface area contributed by atoms with Gasteiger partial charge in [-0.25, -0.2) is 0 Å². The van der Waals surface area contributed by atoms with Gasteiger partial charge in [-0.3, -0.25) is 9.13 Å². The lowest BCUT2D eigenvalue weighted by molar-refractivity contribution is 0.663. The average molecular weight is 784 g/mol. The molecule has 0 fully saturated rings. The fourth-order valence-corrected chi connectivity index (χ4v) is 10.5. The highest BCUT2D eigenvalue weighted by molar-refractivity contribution is 6.21. The Balaban J connectivity index is 1.14. The summed E-state index contributed by atoms with van der Waals surface area (Å²) in [7, 11) is 0. The van der Waals surface area contributed by atoms with E-state index in [-0.39, 0.29) is 5.41 Å². The third kappa shape index (κ3) is 4.29. The molecule has 0 spiro atoms. The van der Waals surface area contributed by atoms with E-state index in [0.717, 1.165) is 93.1 Å². The minimum absolute atomic E-state index is 0.288. The Morgan fingerprint density at radius 3 is 1.74 bits per heavy atom. The second kappa shape index (κ2) is 11.6. The molecule has 0 saturated heterocycles. The third-order valence-electron chi connectivity index (χ3n) is 13.2. The van der Waals surface area contributed by atoms with Gasteiger partial charge in [-0.1, -0.05) is 129 Å². The maximum absolute atomic E-state index is 6.77. The molecule has 7 nitrogen and oxygen atoms in total. The highest BCUT2D eigenvalue weighted by Crippen LogP contribution is 2.53. The van der Waals surface area contributed by atoms with E-state index in [9.17, 15) is 0 Å². The van der Waals surface area contributed by atoms with Gasteiger partial charge in [0.25, 0.3) is 0 Å². The molecule has 13 aromatic rings. The molecule has 8 aromatic carbocycles. The van der Waals surface area contributed by atoms with E-state index in [1.165, 1.54) is 22.3 Å². The Hall–Kier alpha value is -8.03. The average Bonchev–Trinajstić information content (AvgIpc) is 4.09. The zero-order valence-electron chi connectivity index (χ0n) is 33.1. The first-order chi connectivity index (χ1) is 30.0. The number of hydrogen-bond acceptors (Lipinski definition) is 5. The Kier molecular flexibility index (Phi) is 6.24. The van der Waals surface area contributed by atoms with Crippen molar-refractivity contribution in [3.8, 4) is 34.4 Å². The van der Waals surface area contributed by atoms with Crippen LogP contribution in [0.1, 0.15) is 25.0 Å². The van der Waals surface area contributed by atoms with Crippen LogP contribution in [0.5, 0.6) is 0 Å². The van der Waals surface area contributed by atoms with Gasteiger partial charge in [-0.15, -0.1) is 0 Å². The predicted octanol–water partition coefficient (Wildman–Crippen LogP) is 13.8. The standard InChI is InChI=1S/C54H33N5O2/c1-54(2)41-18-8-3-13-31(41)36-24-25-37-32-14-4-9-19-42(32)58(48(37)47(36)54)52-55-51(30-23-28-46-40(29-30)35-17-7-11-21-44(35)60-46)56-53(57-52)59-43-20-10-5-15-33(43)38-26-27-39-34-16-6-12-22-45(34)61-50(39)49(38)59/h3-29H,1-2H3. The quantitative estimate of drug-likeness (QED) is 0.178. The highest BCUT2D eigenvalue weighted by Gasteiger charge is 2.39. The summed E-state index contributed by atoms with van der Waals surface area (Å²) in [5, 5.41) is 8.61. The second-order valence-corrected chi connectivity index (χ2v) is 16.8. The summed E-state index contributed by atoms with van der Waals surface area (Å²) in [5.74, 6) is 1.58. The maximum Gasteiger partial charge on any atom is 0.240 e. The number of hydrogen-bond donors (Lipinski definition) is 0. The van der Waals surface area contributed by atoms with Crippen molar-refractivity contribution in [3.63, 3.8) is 0 Å². The molecule has 0 aliphatic heterocycles. The van der Waals surface area contributed by atoms with Gasteiger partial charge in [0.2, 0.25) is 11.9 Å².